The van der Waals surface area contributed by atoms with E-state index in [4.69, 9.17) is 0 Å². The molecular weight excluding hydrogens is 386 g/mol. The maximum Gasteiger partial charge on any atom is 0.253 e. The molecule has 3 amide bonds. The molecule has 0 spiro atoms. The molecule has 1 aliphatic heterocycles. The zero-order valence-corrected chi connectivity index (χ0v) is 16.1. The van der Waals surface area contributed by atoms with Gasteiger partial charge in [-0.1, -0.05) is 29.8 Å². The predicted octanol–water partition coefficient (Wildman–Crippen LogP) is 2.49. The highest BCUT2D eigenvalue weighted by molar-refractivity contribution is 9.10. The van der Waals surface area contributed by atoms with Crippen LogP contribution in [0.15, 0.2) is 28.7 Å². The van der Waals surface area contributed by atoms with E-state index in [1.165, 1.54) is 0 Å². The predicted molar refractivity (Wildman–Crippen MR) is 98.5 cm³/mol. The number of likely N-dealkylation sites (tertiary alicyclic amines) is 1. The molecule has 1 aliphatic rings. The number of hydrogen-bond donors (Lipinski definition) is 2. The van der Waals surface area contributed by atoms with Crippen molar-refractivity contribution in [2.75, 3.05) is 13.1 Å². The average Bonchev–Trinajstić information content (AvgIpc) is 2.59. The normalized spacial score (nSPS) is 15.1. The van der Waals surface area contributed by atoms with Gasteiger partial charge >= 0.3 is 0 Å². The van der Waals surface area contributed by atoms with Crippen LogP contribution in [-0.2, 0) is 9.59 Å². The van der Waals surface area contributed by atoms with Crippen molar-refractivity contribution in [1.82, 2.24) is 15.8 Å². The zero-order valence-electron chi connectivity index (χ0n) is 14.5. The third kappa shape index (κ3) is 5.85. The number of carbonyl (C=O) groups excluding carboxylic acids is 3. The van der Waals surface area contributed by atoms with Gasteiger partial charge in [0.05, 0.1) is 0 Å². The first-order valence-electron chi connectivity index (χ1n) is 8.50. The van der Waals surface area contributed by atoms with E-state index in [0.717, 1.165) is 4.47 Å². The first-order valence-corrected chi connectivity index (χ1v) is 9.29. The molecule has 0 aromatic heterocycles. The average molecular weight is 410 g/mol. The van der Waals surface area contributed by atoms with Crippen molar-refractivity contribution in [1.29, 1.82) is 0 Å². The number of nitrogens with zero attached hydrogens (tertiary/aromatic N) is 1. The molecule has 136 valence electrons. The number of nitrogens with one attached hydrogen (secondary N) is 2. The SMILES string of the molecule is CC(C)CC(=O)NNC(=O)C1CCN(C(=O)c2ccc(Br)cc2)CC1. The monoisotopic (exact) mass is 409 g/mol. The Morgan fingerprint density at radius 1 is 1.12 bits per heavy atom. The highest BCUT2D eigenvalue weighted by Gasteiger charge is 2.28. The molecule has 0 aliphatic carbocycles. The van der Waals surface area contributed by atoms with E-state index >= 15 is 0 Å². The van der Waals surface area contributed by atoms with Crippen LogP contribution in [0.2, 0.25) is 0 Å². The highest BCUT2D eigenvalue weighted by atomic mass is 79.9. The van der Waals surface area contributed by atoms with E-state index in [1.54, 1.807) is 17.0 Å². The number of piperidine rings is 1. The minimum absolute atomic E-state index is 0.0170. The third-order valence-electron chi connectivity index (χ3n) is 4.16. The molecule has 2 rings (SSSR count). The first kappa shape index (κ1) is 19.4. The van der Waals surface area contributed by atoms with E-state index in [9.17, 15) is 14.4 Å². The summed E-state index contributed by atoms with van der Waals surface area (Å²) in [6.45, 7) is 4.96. The number of rotatable bonds is 4. The van der Waals surface area contributed by atoms with Crippen LogP contribution >= 0.6 is 15.9 Å². The van der Waals surface area contributed by atoms with Crippen molar-refractivity contribution in [3.63, 3.8) is 0 Å². The van der Waals surface area contributed by atoms with Gasteiger partial charge in [-0.2, -0.15) is 0 Å². The minimum atomic E-state index is -0.189. The Hall–Kier alpha value is -1.89. The van der Waals surface area contributed by atoms with Crippen molar-refractivity contribution in [2.45, 2.75) is 33.1 Å². The van der Waals surface area contributed by atoms with Crippen LogP contribution in [-0.4, -0.2) is 35.7 Å². The Morgan fingerprint density at radius 3 is 2.28 bits per heavy atom. The van der Waals surface area contributed by atoms with Gasteiger partial charge in [-0.25, -0.2) is 0 Å². The van der Waals surface area contributed by atoms with Crippen LogP contribution < -0.4 is 10.9 Å². The molecule has 0 unspecified atom stereocenters. The van der Waals surface area contributed by atoms with Crippen molar-refractivity contribution in [3.8, 4) is 0 Å². The third-order valence-corrected chi connectivity index (χ3v) is 4.69. The molecule has 0 saturated carbocycles. The number of carbonyl (C=O) groups is 3. The van der Waals surface area contributed by atoms with Crippen LogP contribution in [0.1, 0.15) is 43.5 Å². The van der Waals surface area contributed by atoms with Gasteiger partial charge in [0.1, 0.15) is 0 Å². The standard InChI is InChI=1S/C18H24BrN3O3/c1-12(2)11-16(23)20-21-17(24)13-7-9-22(10-8-13)18(25)14-3-5-15(19)6-4-14/h3-6,12-13H,7-11H2,1-2H3,(H,20,23)(H,21,24). The molecule has 7 heteroatoms. The summed E-state index contributed by atoms with van der Waals surface area (Å²) in [5.74, 6) is -0.339. The summed E-state index contributed by atoms with van der Waals surface area (Å²) in [5, 5.41) is 0. The molecule has 0 radical (unpaired) electrons. The summed E-state index contributed by atoms with van der Waals surface area (Å²) in [5.41, 5.74) is 5.59. The molecule has 1 aromatic carbocycles. The fourth-order valence-electron chi connectivity index (χ4n) is 2.78. The number of benzene rings is 1. The van der Waals surface area contributed by atoms with Gasteiger partial charge < -0.3 is 4.90 Å². The van der Waals surface area contributed by atoms with E-state index < -0.39 is 0 Å². The number of hydrazine groups is 1. The zero-order chi connectivity index (χ0) is 18.4. The number of hydrogen-bond acceptors (Lipinski definition) is 3. The second-order valence-electron chi connectivity index (χ2n) is 6.71. The van der Waals surface area contributed by atoms with E-state index in [0.29, 0.717) is 37.9 Å². The number of halogens is 1. The van der Waals surface area contributed by atoms with Crippen LogP contribution in [0.25, 0.3) is 0 Å². The Bertz CT molecular complexity index is 623. The maximum atomic E-state index is 12.5. The minimum Gasteiger partial charge on any atom is -0.339 e. The molecule has 1 saturated heterocycles. The topological polar surface area (TPSA) is 78.5 Å². The van der Waals surface area contributed by atoms with Gasteiger partial charge in [-0.15, -0.1) is 0 Å². The molecule has 2 N–H and O–H groups in total. The second-order valence-corrected chi connectivity index (χ2v) is 7.62. The number of amides is 3. The molecule has 6 nitrogen and oxygen atoms in total. The summed E-state index contributed by atoms with van der Waals surface area (Å²) >= 11 is 3.35. The summed E-state index contributed by atoms with van der Waals surface area (Å²) in [7, 11) is 0. The van der Waals surface area contributed by atoms with Gasteiger partial charge in [-0.3, -0.25) is 25.2 Å². The molecular formula is C18H24BrN3O3. The molecule has 0 atom stereocenters. The van der Waals surface area contributed by atoms with Gasteiger partial charge in [-0.05, 0) is 43.0 Å². The lowest BCUT2D eigenvalue weighted by molar-refractivity contribution is -0.132. The lowest BCUT2D eigenvalue weighted by Crippen LogP contribution is -2.48. The molecule has 1 aromatic rings. The summed E-state index contributed by atoms with van der Waals surface area (Å²) in [6, 6.07) is 7.26. The van der Waals surface area contributed by atoms with E-state index in [1.807, 2.05) is 26.0 Å². The summed E-state index contributed by atoms with van der Waals surface area (Å²) in [6.07, 6.45) is 1.56. The lowest BCUT2D eigenvalue weighted by atomic mass is 9.95. The largest absolute Gasteiger partial charge is 0.339 e. The van der Waals surface area contributed by atoms with E-state index in [2.05, 4.69) is 26.8 Å². The fourth-order valence-corrected chi connectivity index (χ4v) is 3.04. The molecule has 25 heavy (non-hydrogen) atoms. The Labute approximate surface area is 156 Å². The van der Waals surface area contributed by atoms with Crippen molar-refractivity contribution in [2.24, 2.45) is 11.8 Å². The smallest absolute Gasteiger partial charge is 0.253 e. The Balaban J connectivity index is 1.78. The molecule has 0 bridgehead atoms. The highest BCUT2D eigenvalue weighted by Crippen LogP contribution is 2.20. The maximum absolute atomic E-state index is 12.5. The molecule has 1 heterocycles. The summed E-state index contributed by atoms with van der Waals surface area (Å²) < 4.78 is 0.930. The quantitative estimate of drug-likeness (QED) is 0.749. The van der Waals surface area contributed by atoms with Crippen LogP contribution in [0.3, 0.4) is 0 Å². The Kier molecular flexibility index (Phi) is 6.99. The Morgan fingerprint density at radius 2 is 1.72 bits per heavy atom. The van der Waals surface area contributed by atoms with Crippen LogP contribution in [0, 0.1) is 11.8 Å². The van der Waals surface area contributed by atoms with Crippen molar-refractivity contribution in [3.05, 3.63) is 34.3 Å². The van der Waals surface area contributed by atoms with Gasteiger partial charge in [0.25, 0.3) is 5.91 Å². The van der Waals surface area contributed by atoms with Gasteiger partial charge in [0.2, 0.25) is 11.8 Å². The second kappa shape index (κ2) is 8.99. The lowest BCUT2D eigenvalue weighted by Gasteiger charge is -2.31. The molecule has 1 fully saturated rings. The van der Waals surface area contributed by atoms with Gasteiger partial charge in [0.15, 0.2) is 0 Å². The van der Waals surface area contributed by atoms with E-state index in [-0.39, 0.29) is 29.6 Å². The van der Waals surface area contributed by atoms with Crippen molar-refractivity contribution < 1.29 is 14.4 Å². The summed E-state index contributed by atoms with van der Waals surface area (Å²) in [4.78, 5) is 37.9. The van der Waals surface area contributed by atoms with Crippen molar-refractivity contribution >= 4 is 33.7 Å². The van der Waals surface area contributed by atoms with Gasteiger partial charge in [0, 0.05) is 35.5 Å². The first-order chi connectivity index (χ1) is 11.9. The van der Waals surface area contributed by atoms with Crippen LogP contribution in [0.4, 0.5) is 0 Å². The fraction of sp³-hybridized carbons (Fsp3) is 0.500. The van der Waals surface area contributed by atoms with Crippen LogP contribution in [0.5, 0.6) is 0 Å².